The molecule has 0 aliphatic rings. The van der Waals surface area contributed by atoms with E-state index in [4.69, 9.17) is 20.7 Å². The molecule has 0 fully saturated rings. The maximum Gasteiger partial charge on any atom is 0.411 e. The first-order chi connectivity index (χ1) is 16.1. The van der Waals surface area contributed by atoms with Gasteiger partial charge in [-0.1, -0.05) is 29.4 Å². The van der Waals surface area contributed by atoms with Crippen LogP contribution in [-0.4, -0.2) is 34.9 Å². The molecule has 0 radical (unpaired) electrons. The van der Waals surface area contributed by atoms with Gasteiger partial charge in [-0.2, -0.15) is 0 Å². The number of amides is 1. The lowest BCUT2D eigenvalue weighted by molar-refractivity contribution is 0.209. The monoisotopic (exact) mass is 479 g/mol. The second kappa shape index (κ2) is 8.94. The normalized spacial score (nSPS) is 11.5. The molecule has 0 saturated carbocycles. The highest BCUT2D eigenvalue weighted by molar-refractivity contribution is 7.92. The summed E-state index contributed by atoms with van der Waals surface area (Å²) < 4.78 is 35.2. The first kappa shape index (κ1) is 22.9. The second-order valence-electron chi connectivity index (χ2n) is 7.65. The highest BCUT2D eigenvalue weighted by Gasteiger charge is 2.21. The average Bonchev–Trinajstić information content (AvgIpc) is 3.29. The molecule has 4 aromatic rings. The number of nitrogens with zero attached hydrogens (tertiary/aromatic N) is 3. The van der Waals surface area contributed by atoms with E-state index in [1.54, 1.807) is 56.3 Å². The van der Waals surface area contributed by atoms with Gasteiger partial charge in [-0.15, -0.1) is 0 Å². The molecule has 0 aliphatic heterocycles. The maximum atomic E-state index is 12.4. The number of nitrogens with two attached hydrogens (primary N) is 2. The van der Waals surface area contributed by atoms with Gasteiger partial charge in [0.05, 0.1) is 22.0 Å². The fraction of sp³-hybridized carbons (Fsp3) is 0.130. The van der Waals surface area contributed by atoms with Gasteiger partial charge >= 0.3 is 6.09 Å². The third kappa shape index (κ3) is 4.59. The first-order valence-corrected chi connectivity index (χ1v) is 11.7. The van der Waals surface area contributed by atoms with Crippen molar-refractivity contribution < 1.29 is 22.5 Å². The van der Waals surface area contributed by atoms with E-state index >= 15 is 0 Å². The van der Waals surface area contributed by atoms with Crippen molar-refractivity contribution >= 4 is 21.6 Å². The number of benzene rings is 2. The number of rotatable bonds is 6. The summed E-state index contributed by atoms with van der Waals surface area (Å²) in [5, 5.41) is 3.50. The molecule has 11 heteroatoms. The number of nitrogen functional groups attached to an aromatic ring is 1. The van der Waals surface area contributed by atoms with Crippen LogP contribution in [0.5, 0.6) is 5.88 Å². The fourth-order valence-electron chi connectivity index (χ4n) is 3.11. The summed E-state index contributed by atoms with van der Waals surface area (Å²) in [5.41, 5.74) is 13.9. The molecule has 174 valence electrons. The summed E-state index contributed by atoms with van der Waals surface area (Å²) in [7, 11) is -3.41. The molecule has 4 N–H and O–H groups in total. The van der Waals surface area contributed by atoms with Gasteiger partial charge in [0.1, 0.15) is 5.69 Å². The van der Waals surface area contributed by atoms with Crippen LogP contribution in [0.2, 0.25) is 0 Å². The Balaban J connectivity index is 1.74. The Morgan fingerprint density at radius 2 is 1.62 bits per heavy atom. The lowest BCUT2D eigenvalue weighted by Crippen LogP contribution is -2.17. The van der Waals surface area contributed by atoms with Gasteiger partial charge in [0, 0.05) is 22.9 Å². The van der Waals surface area contributed by atoms with E-state index in [1.165, 1.54) is 18.3 Å². The van der Waals surface area contributed by atoms with Crippen molar-refractivity contribution in [2.75, 3.05) is 5.73 Å². The van der Waals surface area contributed by atoms with Gasteiger partial charge in [0.25, 0.3) is 5.88 Å². The maximum absolute atomic E-state index is 12.4. The number of carbonyl (C=O) groups is 1. The summed E-state index contributed by atoms with van der Waals surface area (Å²) in [4.78, 5) is 20.2. The summed E-state index contributed by atoms with van der Waals surface area (Å²) in [6.45, 7) is 3.24. The molecule has 10 nitrogen and oxygen atoms in total. The van der Waals surface area contributed by atoms with Crippen molar-refractivity contribution in [2.45, 2.75) is 24.0 Å². The van der Waals surface area contributed by atoms with Crippen LogP contribution in [0.3, 0.4) is 0 Å². The quantitative estimate of drug-likeness (QED) is 0.392. The third-order valence-corrected chi connectivity index (χ3v) is 7.16. The van der Waals surface area contributed by atoms with E-state index in [-0.39, 0.29) is 22.2 Å². The first-order valence-electron chi connectivity index (χ1n) is 10.2. The minimum absolute atomic E-state index is 0.101. The zero-order valence-corrected chi connectivity index (χ0v) is 19.1. The van der Waals surface area contributed by atoms with Crippen molar-refractivity contribution in [1.29, 1.82) is 0 Å². The summed E-state index contributed by atoms with van der Waals surface area (Å²) in [6, 6.07) is 14.9. The molecule has 1 amide bonds. The van der Waals surface area contributed by atoms with Gasteiger partial charge in [-0.05, 0) is 38.1 Å². The lowest BCUT2D eigenvalue weighted by Gasteiger charge is -2.09. The Kier molecular flexibility index (Phi) is 6.03. The van der Waals surface area contributed by atoms with E-state index in [0.717, 1.165) is 5.56 Å². The smallest absolute Gasteiger partial charge is 0.399 e. The lowest BCUT2D eigenvalue weighted by atomic mass is 10.1. The zero-order valence-electron chi connectivity index (χ0n) is 18.3. The Labute approximate surface area is 195 Å². The number of primary amides is 1. The van der Waals surface area contributed by atoms with Crippen molar-refractivity contribution in [1.82, 2.24) is 15.1 Å². The average molecular weight is 480 g/mol. The van der Waals surface area contributed by atoms with E-state index < -0.39 is 21.2 Å². The summed E-state index contributed by atoms with van der Waals surface area (Å²) in [6.07, 6.45) is 0.315. The van der Waals surface area contributed by atoms with Crippen LogP contribution in [0, 0.1) is 0 Å². The predicted molar refractivity (Wildman–Crippen MR) is 125 cm³/mol. The Hall–Kier alpha value is -4.25. The van der Waals surface area contributed by atoms with Gasteiger partial charge in [0.15, 0.2) is 21.3 Å². The highest BCUT2D eigenvalue weighted by atomic mass is 32.2. The van der Waals surface area contributed by atoms with Crippen LogP contribution in [0.15, 0.2) is 70.2 Å². The van der Waals surface area contributed by atoms with E-state index in [2.05, 4.69) is 15.1 Å². The van der Waals surface area contributed by atoms with Gasteiger partial charge in [0.2, 0.25) is 0 Å². The Morgan fingerprint density at radius 1 is 1.00 bits per heavy atom. The fourth-order valence-corrected chi connectivity index (χ4v) is 4.17. The number of anilines is 1. The predicted octanol–water partition coefficient (Wildman–Crippen LogP) is 3.69. The summed E-state index contributed by atoms with van der Waals surface area (Å²) >= 11 is 0. The number of carbonyl (C=O) groups excluding carboxylic acids is 1. The van der Waals surface area contributed by atoms with E-state index in [0.29, 0.717) is 22.6 Å². The topological polar surface area (TPSA) is 164 Å². The molecule has 0 aliphatic carbocycles. The van der Waals surface area contributed by atoms with Crippen LogP contribution in [0.4, 0.5) is 10.5 Å². The van der Waals surface area contributed by atoms with Crippen molar-refractivity contribution in [3.05, 3.63) is 60.8 Å². The van der Waals surface area contributed by atoms with Crippen LogP contribution in [-0.2, 0) is 9.84 Å². The van der Waals surface area contributed by atoms with Gasteiger partial charge in [-0.3, -0.25) is 0 Å². The molecule has 34 heavy (non-hydrogen) atoms. The molecular weight excluding hydrogens is 458 g/mol. The van der Waals surface area contributed by atoms with Crippen LogP contribution >= 0.6 is 0 Å². The van der Waals surface area contributed by atoms with Gasteiger partial charge < -0.3 is 20.7 Å². The van der Waals surface area contributed by atoms with Crippen LogP contribution in [0.25, 0.3) is 34.0 Å². The minimum atomic E-state index is -3.41. The molecular formula is C23H21N5O5S. The molecule has 0 unspecified atom stereocenters. The zero-order chi connectivity index (χ0) is 24.5. The Bertz CT molecular complexity index is 1450. The molecule has 0 saturated heterocycles. The van der Waals surface area contributed by atoms with Crippen molar-refractivity contribution in [2.24, 2.45) is 5.73 Å². The number of hydrogen-bond acceptors (Lipinski definition) is 9. The number of aromatic nitrogens is 3. The summed E-state index contributed by atoms with van der Waals surface area (Å²) in [5.74, 6) is 0.0340. The molecule has 0 bridgehead atoms. The SMILES string of the molecule is CC(C)S(=O)(=O)c1ccc(-c2cnc(OC(N)=O)c(-c3cc(-c4ccc(N)cc4)no3)n2)cc1. The third-order valence-electron chi connectivity index (χ3n) is 4.99. The molecule has 0 spiro atoms. The standard InChI is InChI=1S/C23H21N5O5S/c1-13(2)34(30,31)17-9-5-15(6-10-17)19-12-26-22(32-23(25)29)21(27-19)20-11-18(28-33-20)14-3-7-16(24)8-4-14/h3-13H,24H2,1-2H3,(H2,25,29). The van der Waals surface area contributed by atoms with Crippen LogP contribution in [0.1, 0.15) is 13.8 Å². The number of hydrogen-bond donors (Lipinski definition) is 2. The van der Waals surface area contributed by atoms with E-state index in [9.17, 15) is 13.2 Å². The molecule has 2 aromatic heterocycles. The largest absolute Gasteiger partial charge is 0.411 e. The van der Waals surface area contributed by atoms with Crippen molar-refractivity contribution in [3.8, 4) is 39.8 Å². The van der Waals surface area contributed by atoms with Gasteiger partial charge in [-0.25, -0.2) is 23.2 Å². The second-order valence-corrected chi connectivity index (χ2v) is 10.2. The molecule has 2 heterocycles. The number of ether oxygens (including phenoxy) is 1. The molecule has 0 atom stereocenters. The molecule has 4 rings (SSSR count). The van der Waals surface area contributed by atoms with E-state index in [1.807, 2.05) is 0 Å². The van der Waals surface area contributed by atoms with Crippen molar-refractivity contribution in [3.63, 3.8) is 0 Å². The Morgan fingerprint density at radius 3 is 2.24 bits per heavy atom. The highest BCUT2D eigenvalue weighted by Crippen LogP contribution is 2.32. The minimum Gasteiger partial charge on any atom is -0.399 e. The van der Waals surface area contributed by atoms with Crippen LogP contribution < -0.4 is 16.2 Å². The molecule has 2 aromatic carbocycles. The number of sulfone groups is 1.